The Kier molecular flexibility index (Phi) is 13.1. The van der Waals surface area contributed by atoms with Gasteiger partial charge in [-0.25, -0.2) is 0 Å². The quantitative estimate of drug-likeness (QED) is 0.149. The normalized spacial score (nSPS) is 11.5. The summed E-state index contributed by atoms with van der Waals surface area (Å²) in [7, 11) is 1.68. The molecule has 174 valence electrons. The standard InChI is InChI=1S/C17H21N3O2.C5H6O.C3H8O/c18-15-10-16(20-22-11-12-6-2-1-3-7-12)17(19-21)14-9-5-4-8-13(14)15;1-3-5(2)4-6;1-3-4-2/h1-3,6-7,10,19-21H,4-5,8-9,11,18H2;3-4H,1-2H2;3H2,1-2H3. The molecule has 7 nitrogen and oxygen atoms in total. The van der Waals surface area contributed by atoms with Gasteiger partial charge in [-0.1, -0.05) is 49.6 Å². The summed E-state index contributed by atoms with van der Waals surface area (Å²) >= 11 is 0. The van der Waals surface area contributed by atoms with E-state index in [1.54, 1.807) is 7.11 Å². The lowest BCUT2D eigenvalue weighted by molar-refractivity contribution is -0.104. The van der Waals surface area contributed by atoms with Crippen LogP contribution >= 0.6 is 0 Å². The zero-order valence-electron chi connectivity index (χ0n) is 19.0. The van der Waals surface area contributed by atoms with Crippen LogP contribution in [0.15, 0.2) is 61.2 Å². The molecule has 0 spiro atoms. The fourth-order valence-electron chi connectivity index (χ4n) is 3.00. The molecule has 0 amide bonds. The van der Waals surface area contributed by atoms with Crippen LogP contribution < -0.4 is 16.7 Å². The zero-order chi connectivity index (χ0) is 23.8. The molecule has 0 fully saturated rings. The van der Waals surface area contributed by atoms with Gasteiger partial charge >= 0.3 is 0 Å². The molecule has 0 saturated heterocycles. The molecule has 2 aromatic carbocycles. The number of rotatable bonds is 8. The van der Waals surface area contributed by atoms with Gasteiger partial charge in [-0.15, -0.1) is 0 Å². The highest BCUT2D eigenvalue weighted by Gasteiger charge is 2.19. The third-order valence-corrected chi connectivity index (χ3v) is 4.77. The first-order valence-corrected chi connectivity index (χ1v) is 10.5. The van der Waals surface area contributed by atoms with Crippen molar-refractivity contribution in [3.8, 4) is 0 Å². The number of carbonyl (C=O) groups is 1. The SMILES string of the molecule is C=CC(=C)C=O.CCOC.Nc1cc(NOCc2ccccc2)c(NO)c2c1CCCC2. The number of benzene rings is 2. The van der Waals surface area contributed by atoms with Crippen LogP contribution in [0.1, 0.15) is 36.5 Å². The highest BCUT2D eigenvalue weighted by Crippen LogP contribution is 2.37. The number of fused-ring (bicyclic) bond motifs is 1. The van der Waals surface area contributed by atoms with Gasteiger partial charge in [-0.05, 0) is 55.4 Å². The maximum atomic E-state index is 9.57. The fourth-order valence-corrected chi connectivity index (χ4v) is 3.00. The average Bonchev–Trinajstić information content (AvgIpc) is 2.85. The molecule has 0 aliphatic heterocycles. The van der Waals surface area contributed by atoms with E-state index < -0.39 is 0 Å². The van der Waals surface area contributed by atoms with E-state index in [2.05, 4.69) is 28.9 Å². The van der Waals surface area contributed by atoms with Crippen LogP contribution in [-0.2, 0) is 33.8 Å². The third-order valence-electron chi connectivity index (χ3n) is 4.77. The second-order valence-electron chi connectivity index (χ2n) is 7.01. The fraction of sp³-hybridized carbons (Fsp3) is 0.320. The van der Waals surface area contributed by atoms with E-state index in [1.165, 1.54) is 6.08 Å². The summed E-state index contributed by atoms with van der Waals surface area (Å²) in [5, 5.41) is 9.50. The van der Waals surface area contributed by atoms with Crippen molar-refractivity contribution in [3.63, 3.8) is 0 Å². The molecule has 1 aliphatic rings. The number of anilines is 3. The van der Waals surface area contributed by atoms with Gasteiger partial charge in [0.25, 0.3) is 0 Å². The molecule has 0 bridgehead atoms. The number of nitrogen functional groups attached to an aromatic ring is 1. The molecule has 0 aromatic heterocycles. The highest BCUT2D eigenvalue weighted by atomic mass is 16.6. The first-order valence-electron chi connectivity index (χ1n) is 10.5. The van der Waals surface area contributed by atoms with Crippen molar-refractivity contribution in [2.75, 3.05) is 30.4 Å². The van der Waals surface area contributed by atoms with Crippen molar-refractivity contribution in [1.82, 2.24) is 0 Å². The van der Waals surface area contributed by atoms with E-state index in [1.807, 2.05) is 43.3 Å². The van der Waals surface area contributed by atoms with Gasteiger partial charge in [0.05, 0.1) is 18.0 Å². The van der Waals surface area contributed by atoms with E-state index in [0.29, 0.717) is 29.8 Å². The molecular formula is C25H35N3O4. The Morgan fingerprint density at radius 1 is 1.22 bits per heavy atom. The summed E-state index contributed by atoms with van der Waals surface area (Å²) in [4.78, 5) is 15.1. The van der Waals surface area contributed by atoms with Gasteiger partial charge in [-0.2, -0.15) is 0 Å². The van der Waals surface area contributed by atoms with Gasteiger partial charge in [0.15, 0.2) is 0 Å². The molecule has 0 saturated carbocycles. The number of hydrogen-bond acceptors (Lipinski definition) is 7. The van der Waals surface area contributed by atoms with Crippen LogP contribution in [0.4, 0.5) is 17.1 Å². The van der Waals surface area contributed by atoms with Crippen LogP contribution in [0.2, 0.25) is 0 Å². The van der Waals surface area contributed by atoms with Gasteiger partial charge in [-0.3, -0.25) is 25.8 Å². The monoisotopic (exact) mass is 441 g/mol. The van der Waals surface area contributed by atoms with Crippen molar-refractivity contribution >= 4 is 23.3 Å². The van der Waals surface area contributed by atoms with Gasteiger partial charge in [0.2, 0.25) is 0 Å². The predicted molar refractivity (Wildman–Crippen MR) is 131 cm³/mol. The first kappa shape index (κ1) is 26.9. The number of aldehydes is 1. The number of methoxy groups -OCH3 is 1. The van der Waals surface area contributed by atoms with Crippen LogP contribution in [-0.4, -0.2) is 25.2 Å². The van der Waals surface area contributed by atoms with Gasteiger partial charge < -0.3 is 10.5 Å². The second-order valence-corrected chi connectivity index (χ2v) is 7.01. The lowest BCUT2D eigenvalue weighted by Crippen LogP contribution is -2.13. The van der Waals surface area contributed by atoms with Crippen LogP contribution in [0.25, 0.3) is 0 Å². The molecule has 0 unspecified atom stereocenters. The summed E-state index contributed by atoms with van der Waals surface area (Å²) in [6.07, 6.45) is 6.19. The minimum Gasteiger partial charge on any atom is -0.398 e. The Bertz CT molecular complexity index is 842. The molecule has 7 heteroatoms. The summed E-state index contributed by atoms with van der Waals surface area (Å²) in [5.74, 6) is 0. The Hall–Kier alpha value is -3.13. The first-order chi connectivity index (χ1) is 15.5. The molecule has 0 heterocycles. The summed E-state index contributed by atoms with van der Waals surface area (Å²) < 4.78 is 4.54. The largest absolute Gasteiger partial charge is 0.398 e. The Morgan fingerprint density at radius 3 is 2.34 bits per heavy atom. The molecule has 5 N–H and O–H groups in total. The van der Waals surface area contributed by atoms with Crippen LogP contribution in [0.5, 0.6) is 0 Å². The van der Waals surface area contributed by atoms with Gasteiger partial charge in [0.1, 0.15) is 6.29 Å². The lowest BCUT2D eigenvalue weighted by atomic mass is 9.88. The van der Waals surface area contributed by atoms with E-state index in [4.69, 9.17) is 10.6 Å². The smallest absolute Gasteiger partial charge is 0.149 e. The number of allylic oxidation sites excluding steroid dienone is 2. The maximum absolute atomic E-state index is 9.57. The maximum Gasteiger partial charge on any atom is 0.149 e. The third kappa shape index (κ3) is 8.93. The van der Waals surface area contributed by atoms with Gasteiger partial charge in [0, 0.05) is 25.0 Å². The minimum atomic E-state index is 0.426. The molecular weight excluding hydrogens is 406 g/mol. The predicted octanol–water partition coefficient (Wildman–Crippen LogP) is 5.07. The van der Waals surface area contributed by atoms with Crippen molar-refractivity contribution in [1.29, 1.82) is 0 Å². The average molecular weight is 442 g/mol. The lowest BCUT2D eigenvalue weighted by Gasteiger charge is -2.23. The number of nitrogens with two attached hydrogens (primary N) is 1. The summed E-state index contributed by atoms with van der Waals surface area (Å²) in [6.45, 7) is 9.82. The van der Waals surface area contributed by atoms with Crippen molar-refractivity contribution < 1.29 is 19.6 Å². The minimum absolute atomic E-state index is 0.426. The number of hydrogen-bond donors (Lipinski definition) is 4. The van der Waals surface area contributed by atoms with Crippen LogP contribution in [0.3, 0.4) is 0 Å². The topological polar surface area (TPSA) is 106 Å². The highest BCUT2D eigenvalue weighted by molar-refractivity contribution is 5.79. The molecule has 1 aliphatic carbocycles. The number of nitrogens with one attached hydrogen (secondary N) is 2. The van der Waals surface area contributed by atoms with Crippen molar-refractivity contribution in [2.24, 2.45) is 0 Å². The van der Waals surface area contributed by atoms with Crippen molar-refractivity contribution in [2.45, 2.75) is 39.2 Å². The van der Waals surface area contributed by atoms with E-state index in [0.717, 1.165) is 54.7 Å². The Balaban J connectivity index is 0.000000432. The number of ether oxygens (including phenoxy) is 1. The number of carbonyl (C=O) groups excluding carboxylic acids is 1. The molecule has 0 atom stereocenters. The zero-order valence-corrected chi connectivity index (χ0v) is 19.0. The van der Waals surface area contributed by atoms with Crippen molar-refractivity contribution in [3.05, 3.63) is 77.9 Å². The molecule has 3 rings (SSSR count). The Labute approximate surface area is 190 Å². The van der Waals surface area contributed by atoms with E-state index >= 15 is 0 Å². The van der Waals surface area contributed by atoms with E-state index in [-0.39, 0.29) is 0 Å². The molecule has 32 heavy (non-hydrogen) atoms. The van der Waals surface area contributed by atoms with E-state index in [9.17, 15) is 10.0 Å². The summed E-state index contributed by atoms with van der Waals surface area (Å²) in [6, 6.07) is 11.7. The Morgan fingerprint density at radius 2 is 1.84 bits per heavy atom. The van der Waals surface area contributed by atoms with Crippen LogP contribution in [0, 0.1) is 0 Å². The molecule has 0 radical (unpaired) electrons. The second kappa shape index (κ2) is 15.6. The summed E-state index contributed by atoms with van der Waals surface area (Å²) in [5.41, 5.74) is 17.1. The molecule has 2 aromatic rings.